The molecule has 0 fully saturated rings. The molecule has 1 unspecified atom stereocenters. The Bertz CT molecular complexity index is 589. The van der Waals surface area contributed by atoms with Crippen molar-refractivity contribution in [3.8, 4) is 11.5 Å². The van der Waals surface area contributed by atoms with E-state index in [0.29, 0.717) is 6.42 Å². The Morgan fingerprint density at radius 2 is 2.00 bits per heavy atom. The molecule has 0 radical (unpaired) electrons. The van der Waals surface area contributed by atoms with Gasteiger partial charge in [-0.15, -0.1) is 0 Å². The van der Waals surface area contributed by atoms with Gasteiger partial charge in [-0.25, -0.2) is 0 Å². The van der Waals surface area contributed by atoms with E-state index in [1.807, 2.05) is 6.92 Å². The highest BCUT2D eigenvalue weighted by Crippen LogP contribution is 2.29. The van der Waals surface area contributed by atoms with Crippen molar-refractivity contribution in [1.29, 1.82) is 0 Å². The number of allylic oxidation sites excluding steroid dienone is 2. The topological polar surface area (TPSA) is 83.8 Å². The lowest BCUT2D eigenvalue weighted by atomic mass is 9.98. The second-order valence-corrected chi connectivity index (χ2v) is 5.17. The molecule has 1 aliphatic heterocycles. The van der Waals surface area contributed by atoms with Crippen molar-refractivity contribution in [3.63, 3.8) is 0 Å². The number of cyclic esters (lactones) is 1. The van der Waals surface area contributed by atoms with Gasteiger partial charge in [-0.3, -0.25) is 9.59 Å². The first-order chi connectivity index (χ1) is 9.97. The van der Waals surface area contributed by atoms with Gasteiger partial charge in [-0.05, 0) is 43.9 Å². The van der Waals surface area contributed by atoms with Crippen LogP contribution in [0.1, 0.15) is 42.1 Å². The number of phenols is 2. The molecule has 0 aliphatic carbocycles. The largest absolute Gasteiger partial charge is 0.508 e. The number of ether oxygens (including phenoxy) is 1. The summed E-state index contributed by atoms with van der Waals surface area (Å²) in [6, 6.07) is 2.39. The van der Waals surface area contributed by atoms with E-state index in [1.54, 1.807) is 6.08 Å². The van der Waals surface area contributed by atoms with E-state index in [1.165, 1.54) is 12.1 Å². The van der Waals surface area contributed by atoms with Gasteiger partial charge in [0, 0.05) is 6.07 Å². The molecule has 5 nitrogen and oxygen atoms in total. The van der Waals surface area contributed by atoms with Crippen LogP contribution in [0.25, 0.3) is 0 Å². The molecule has 0 saturated carbocycles. The molecule has 1 heterocycles. The third kappa shape index (κ3) is 3.84. The zero-order valence-corrected chi connectivity index (χ0v) is 11.8. The zero-order chi connectivity index (χ0) is 15.4. The lowest BCUT2D eigenvalue weighted by Gasteiger charge is -2.15. The number of hydrogen-bond donors (Lipinski definition) is 2. The monoisotopic (exact) mass is 290 g/mol. The molecule has 0 spiro atoms. The summed E-state index contributed by atoms with van der Waals surface area (Å²) in [7, 11) is 0. The van der Waals surface area contributed by atoms with E-state index in [2.05, 4.69) is 0 Å². The summed E-state index contributed by atoms with van der Waals surface area (Å²) in [5.74, 6) is -1.40. The maximum absolute atomic E-state index is 12.1. The van der Waals surface area contributed by atoms with E-state index in [9.17, 15) is 19.8 Å². The zero-order valence-electron chi connectivity index (χ0n) is 11.8. The molecule has 2 rings (SSSR count). The summed E-state index contributed by atoms with van der Waals surface area (Å²) < 4.78 is 5.26. The summed E-state index contributed by atoms with van der Waals surface area (Å²) in [6.07, 6.45) is 5.01. The van der Waals surface area contributed by atoms with Crippen LogP contribution in [0.2, 0.25) is 0 Å². The summed E-state index contributed by atoms with van der Waals surface area (Å²) in [5, 5.41) is 19.4. The van der Waals surface area contributed by atoms with Gasteiger partial charge >= 0.3 is 5.97 Å². The molecule has 0 saturated heterocycles. The van der Waals surface area contributed by atoms with Crippen LogP contribution in [0.4, 0.5) is 0 Å². The van der Waals surface area contributed by atoms with Crippen LogP contribution in [-0.4, -0.2) is 28.1 Å². The highest BCUT2D eigenvalue weighted by Gasteiger charge is 2.20. The number of benzene rings is 1. The molecular formula is C16H18O5. The van der Waals surface area contributed by atoms with Gasteiger partial charge < -0.3 is 14.9 Å². The van der Waals surface area contributed by atoms with Crippen molar-refractivity contribution in [2.45, 2.75) is 38.7 Å². The average Bonchev–Trinajstić information content (AvgIpc) is 2.35. The first kappa shape index (κ1) is 15.1. The fraction of sp³-hybridized carbons (Fsp3) is 0.375. The van der Waals surface area contributed by atoms with E-state index in [0.717, 1.165) is 18.9 Å². The molecule has 1 atom stereocenters. The summed E-state index contributed by atoms with van der Waals surface area (Å²) in [6.45, 7) is 1.82. The van der Waals surface area contributed by atoms with Crippen LogP contribution in [0.15, 0.2) is 24.3 Å². The number of hydrogen-bond acceptors (Lipinski definition) is 5. The number of ketones is 1. The maximum atomic E-state index is 12.1. The fourth-order valence-corrected chi connectivity index (χ4v) is 2.37. The third-order valence-electron chi connectivity index (χ3n) is 3.35. The van der Waals surface area contributed by atoms with Crippen molar-refractivity contribution in [2.75, 3.05) is 0 Å². The Morgan fingerprint density at radius 3 is 2.76 bits per heavy atom. The SMILES string of the molecule is CC1CCC/C=C\C(=O)c2c(O)cc(O)cc2CC(=O)O1. The Labute approximate surface area is 122 Å². The summed E-state index contributed by atoms with van der Waals surface area (Å²) >= 11 is 0. The molecule has 0 amide bonds. The highest BCUT2D eigenvalue weighted by molar-refractivity contribution is 6.08. The fourth-order valence-electron chi connectivity index (χ4n) is 2.37. The molecule has 0 bridgehead atoms. The van der Waals surface area contributed by atoms with Crippen LogP contribution in [0.3, 0.4) is 0 Å². The maximum Gasteiger partial charge on any atom is 0.310 e. The van der Waals surface area contributed by atoms with E-state index in [4.69, 9.17) is 4.74 Å². The minimum Gasteiger partial charge on any atom is -0.508 e. The van der Waals surface area contributed by atoms with Crippen LogP contribution >= 0.6 is 0 Å². The number of aromatic hydroxyl groups is 2. The quantitative estimate of drug-likeness (QED) is 0.717. The second-order valence-electron chi connectivity index (χ2n) is 5.17. The van der Waals surface area contributed by atoms with Gasteiger partial charge in [0.05, 0.1) is 18.1 Å². The van der Waals surface area contributed by atoms with Gasteiger partial charge in [0.2, 0.25) is 0 Å². The minimum atomic E-state index is -0.480. The van der Waals surface area contributed by atoms with Crippen LogP contribution < -0.4 is 0 Å². The summed E-state index contributed by atoms with van der Waals surface area (Å²) in [5.41, 5.74) is 0.300. The smallest absolute Gasteiger partial charge is 0.310 e. The first-order valence-electron chi connectivity index (χ1n) is 6.92. The Morgan fingerprint density at radius 1 is 1.24 bits per heavy atom. The average molecular weight is 290 g/mol. The van der Waals surface area contributed by atoms with Gasteiger partial charge in [0.25, 0.3) is 0 Å². The molecule has 1 aliphatic rings. The van der Waals surface area contributed by atoms with Gasteiger partial charge in [-0.2, -0.15) is 0 Å². The minimum absolute atomic E-state index is 0.0363. The lowest BCUT2D eigenvalue weighted by Crippen LogP contribution is -2.18. The van der Waals surface area contributed by atoms with Gasteiger partial charge in [0.15, 0.2) is 5.78 Å². The van der Waals surface area contributed by atoms with Crippen molar-refractivity contribution < 1.29 is 24.5 Å². The Hall–Kier alpha value is -2.30. The Kier molecular flexibility index (Phi) is 4.62. The van der Waals surface area contributed by atoms with Crippen molar-refractivity contribution in [3.05, 3.63) is 35.4 Å². The van der Waals surface area contributed by atoms with Crippen LogP contribution in [-0.2, 0) is 16.0 Å². The standard InChI is InChI=1S/C16H18O5/c1-10-5-3-2-4-6-13(18)16-11(8-15(20)21-10)7-12(17)9-14(16)19/h4,6-7,9-10,17,19H,2-3,5,8H2,1H3/b6-4-. The van der Waals surface area contributed by atoms with Crippen LogP contribution in [0, 0.1) is 0 Å². The lowest BCUT2D eigenvalue weighted by molar-refractivity contribution is -0.147. The number of fused-ring (bicyclic) bond motifs is 1. The van der Waals surface area contributed by atoms with E-state index in [-0.39, 0.29) is 40.9 Å². The van der Waals surface area contributed by atoms with Crippen molar-refractivity contribution in [2.24, 2.45) is 0 Å². The molecule has 21 heavy (non-hydrogen) atoms. The second kappa shape index (κ2) is 6.43. The number of carbonyl (C=O) groups is 2. The molecule has 2 N–H and O–H groups in total. The molecule has 1 aromatic rings. The molecule has 112 valence electrons. The van der Waals surface area contributed by atoms with E-state index >= 15 is 0 Å². The number of rotatable bonds is 0. The number of phenolic OH excluding ortho intramolecular Hbond substituents is 2. The predicted octanol–water partition coefficient (Wildman–Crippen LogP) is 2.49. The predicted molar refractivity (Wildman–Crippen MR) is 76.4 cm³/mol. The van der Waals surface area contributed by atoms with Crippen molar-refractivity contribution >= 4 is 11.8 Å². The van der Waals surface area contributed by atoms with Gasteiger partial charge in [0.1, 0.15) is 11.5 Å². The first-order valence-corrected chi connectivity index (χ1v) is 6.92. The highest BCUT2D eigenvalue weighted by atomic mass is 16.5. The van der Waals surface area contributed by atoms with E-state index < -0.39 is 5.97 Å². The van der Waals surface area contributed by atoms with Gasteiger partial charge in [-0.1, -0.05) is 6.08 Å². The molecular weight excluding hydrogens is 272 g/mol. The Balaban J connectivity index is 2.43. The molecule has 0 aromatic heterocycles. The van der Waals surface area contributed by atoms with Crippen molar-refractivity contribution in [1.82, 2.24) is 0 Å². The number of carbonyl (C=O) groups excluding carboxylic acids is 2. The summed E-state index contributed by atoms with van der Waals surface area (Å²) in [4.78, 5) is 24.0. The van der Waals surface area contributed by atoms with Crippen LogP contribution in [0.5, 0.6) is 11.5 Å². The third-order valence-corrected chi connectivity index (χ3v) is 3.35. The normalized spacial score (nSPS) is 21.7. The number of esters is 1. The molecule has 5 heteroatoms. The molecule has 1 aromatic carbocycles.